The third kappa shape index (κ3) is 3.35. The highest BCUT2D eigenvalue weighted by Crippen LogP contribution is 2.29. The molecule has 1 aromatic carbocycles. The lowest BCUT2D eigenvalue weighted by Crippen LogP contribution is -2.09. The van der Waals surface area contributed by atoms with Crippen molar-refractivity contribution in [2.45, 2.75) is 40.5 Å². The van der Waals surface area contributed by atoms with Crippen molar-refractivity contribution < 1.29 is 0 Å². The van der Waals surface area contributed by atoms with Crippen LogP contribution in [-0.2, 0) is 0 Å². The fourth-order valence-electron chi connectivity index (χ4n) is 2.44. The molecule has 0 saturated carbocycles. The predicted octanol–water partition coefficient (Wildman–Crippen LogP) is 4.97. The van der Waals surface area contributed by atoms with Gasteiger partial charge in [0.15, 0.2) is 5.82 Å². The zero-order chi connectivity index (χ0) is 15.6. The summed E-state index contributed by atoms with van der Waals surface area (Å²) in [6.45, 7) is 11.3. The van der Waals surface area contributed by atoms with E-state index in [1.54, 1.807) is 0 Å². The minimum absolute atomic E-state index is 0.384. The van der Waals surface area contributed by atoms with Crippen LogP contribution in [0.2, 0.25) is 5.02 Å². The van der Waals surface area contributed by atoms with Gasteiger partial charge in [0.1, 0.15) is 5.82 Å². The normalized spacial score (nSPS) is 11.0. The second-order valence-electron chi connectivity index (χ2n) is 5.54. The number of halogens is 1. The summed E-state index contributed by atoms with van der Waals surface area (Å²) < 4.78 is 0. The summed E-state index contributed by atoms with van der Waals surface area (Å²) in [6, 6.07) is 5.94. The molecule has 0 aliphatic rings. The van der Waals surface area contributed by atoms with Gasteiger partial charge in [0.2, 0.25) is 0 Å². The van der Waals surface area contributed by atoms with E-state index in [-0.39, 0.29) is 0 Å². The number of hydrogen-bond donors (Lipinski definition) is 1. The molecule has 2 rings (SSSR count). The molecule has 1 aromatic heterocycles. The first-order valence-corrected chi connectivity index (χ1v) is 7.70. The summed E-state index contributed by atoms with van der Waals surface area (Å²) in [6.07, 6.45) is 0. The Morgan fingerprint density at radius 3 is 2.48 bits per heavy atom. The van der Waals surface area contributed by atoms with Gasteiger partial charge in [0.25, 0.3) is 0 Å². The van der Waals surface area contributed by atoms with E-state index in [4.69, 9.17) is 16.6 Å². The summed E-state index contributed by atoms with van der Waals surface area (Å²) in [5, 5.41) is 4.09. The van der Waals surface area contributed by atoms with Gasteiger partial charge in [-0.1, -0.05) is 37.6 Å². The zero-order valence-corrected chi connectivity index (χ0v) is 14.0. The highest BCUT2D eigenvalue weighted by Gasteiger charge is 2.15. The van der Waals surface area contributed by atoms with E-state index in [1.165, 1.54) is 5.56 Å². The minimum Gasteiger partial charge on any atom is -0.370 e. The number of aryl methyl sites for hydroxylation is 2. The van der Waals surface area contributed by atoms with Crippen LogP contribution >= 0.6 is 11.6 Å². The van der Waals surface area contributed by atoms with Crippen molar-refractivity contribution in [2.75, 3.05) is 11.9 Å². The van der Waals surface area contributed by atoms with Crippen LogP contribution in [0.25, 0.3) is 11.4 Å². The summed E-state index contributed by atoms with van der Waals surface area (Å²) in [5.74, 6) is 2.02. The van der Waals surface area contributed by atoms with Crippen LogP contribution in [-0.4, -0.2) is 16.5 Å². The number of nitrogens with one attached hydrogen (secondary N) is 1. The van der Waals surface area contributed by atoms with Gasteiger partial charge in [-0.3, -0.25) is 0 Å². The molecular weight excluding hydrogens is 282 g/mol. The van der Waals surface area contributed by atoms with Gasteiger partial charge >= 0.3 is 0 Å². The van der Waals surface area contributed by atoms with Crippen molar-refractivity contribution in [3.63, 3.8) is 0 Å². The van der Waals surface area contributed by atoms with E-state index in [0.29, 0.717) is 5.92 Å². The van der Waals surface area contributed by atoms with Crippen LogP contribution in [0, 0.1) is 13.8 Å². The van der Waals surface area contributed by atoms with E-state index in [2.05, 4.69) is 31.1 Å². The molecule has 1 N–H and O–H groups in total. The van der Waals surface area contributed by atoms with Gasteiger partial charge in [-0.05, 0) is 38.3 Å². The molecule has 4 heteroatoms. The van der Waals surface area contributed by atoms with Gasteiger partial charge in [0, 0.05) is 28.4 Å². The lowest BCUT2D eigenvalue weighted by Gasteiger charge is -2.16. The molecule has 0 saturated heterocycles. The third-order valence-electron chi connectivity index (χ3n) is 3.49. The molecule has 0 fully saturated rings. The maximum Gasteiger partial charge on any atom is 0.161 e. The van der Waals surface area contributed by atoms with E-state index < -0.39 is 0 Å². The number of aromatic nitrogens is 2. The Labute approximate surface area is 131 Å². The molecule has 112 valence electrons. The van der Waals surface area contributed by atoms with Gasteiger partial charge in [-0.25, -0.2) is 9.97 Å². The lowest BCUT2D eigenvalue weighted by atomic mass is 10.0. The van der Waals surface area contributed by atoms with Crippen LogP contribution < -0.4 is 5.32 Å². The first-order chi connectivity index (χ1) is 9.93. The molecule has 0 bridgehead atoms. The quantitative estimate of drug-likeness (QED) is 0.866. The molecule has 0 aliphatic heterocycles. The Kier molecular flexibility index (Phi) is 4.84. The van der Waals surface area contributed by atoms with Gasteiger partial charge in [-0.15, -0.1) is 0 Å². The van der Waals surface area contributed by atoms with Crippen molar-refractivity contribution in [3.8, 4) is 11.4 Å². The fourth-order valence-corrected chi connectivity index (χ4v) is 2.62. The van der Waals surface area contributed by atoms with Crippen LogP contribution in [0.5, 0.6) is 0 Å². The van der Waals surface area contributed by atoms with Gasteiger partial charge in [0.05, 0.1) is 0 Å². The number of benzene rings is 1. The Morgan fingerprint density at radius 2 is 1.90 bits per heavy atom. The molecular formula is C17H22ClN3. The Morgan fingerprint density at radius 1 is 1.19 bits per heavy atom. The first kappa shape index (κ1) is 15.8. The number of rotatable bonds is 4. The first-order valence-electron chi connectivity index (χ1n) is 7.33. The third-order valence-corrected chi connectivity index (χ3v) is 3.90. The van der Waals surface area contributed by atoms with Crippen molar-refractivity contribution >= 4 is 17.4 Å². The van der Waals surface area contributed by atoms with Crippen LogP contribution in [0.3, 0.4) is 0 Å². The van der Waals surface area contributed by atoms with Crippen LogP contribution in [0.15, 0.2) is 18.2 Å². The zero-order valence-electron chi connectivity index (χ0n) is 13.3. The molecule has 0 unspecified atom stereocenters. The maximum atomic E-state index is 6.22. The Bertz CT molecular complexity index is 651. The largest absolute Gasteiger partial charge is 0.370 e. The van der Waals surface area contributed by atoms with Crippen molar-refractivity contribution in [1.29, 1.82) is 0 Å². The summed E-state index contributed by atoms with van der Waals surface area (Å²) in [4.78, 5) is 9.37. The molecule has 21 heavy (non-hydrogen) atoms. The molecule has 0 aliphatic carbocycles. The topological polar surface area (TPSA) is 37.8 Å². The molecule has 0 amide bonds. The Balaban J connectivity index is 2.57. The lowest BCUT2D eigenvalue weighted by molar-refractivity contribution is 0.831. The summed E-state index contributed by atoms with van der Waals surface area (Å²) >= 11 is 6.22. The van der Waals surface area contributed by atoms with Crippen molar-refractivity contribution in [2.24, 2.45) is 0 Å². The fraction of sp³-hybridized carbons (Fsp3) is 0.412. The van der Waals surface area contributed by atoms with Crippen LogP contribution in [0.4, 0.5) is 5.82 Å². The molecule has 0 spiro atoms. The second kappa shape index (κ2) is 6.44. The molecule has 0 atom stereocenters. The van der Waals surface area contributed by atoms with Gasteiger partial charge in [-0.2, -0.15) is 0 Å². The smallest absolute Gasteiger partial charge is 0.161 e. The monoisotopic (exact) mass is 303 g/mol. The highest BCUT2D eigenvalue weighted by atomic mass is 35.5. The summed E-state index contributed by atoms with van der Waals surface area (Å²) in [7, 11) is 0. The second-order valence-corrected chi connectivity index (χ2v) is 5.95. The molecule has 0 radical (unpaired) electrons. The number of anilines is 1. The highest BCUT2D eigenvalue weighted by molar-refractivity contribution is 6.31. The predicted molar refractivity (Wildman–Crippen MR) is 90.2 cm³/mol. The van der Waals surface area contributed by atoms with E-state index in [9.17, 15) is 0 Å². The Hall–Kier alpha value is -1.61. The number of hydrogen-bond acceptors (Lipinski definition) is 3. The van der Waals surface area contributed by atoms with Crippen molar-refractivity contribution in [3.05, 3.63) is 40.0 Å². The number of nitrogens with zero attached hydrogens (tertiary/aromatic N) is 2. The standard InChI is InChI=1S/C17H22ClN3/c1-6-19-17-15(10(2)3)12(5)20-16(21-17)13-8-7-11(4)14(18)9-13/h7-10H,6H2,1-5H3,(H,19,20,21). The van der Waals surface area contributed by atoms with E-state index in [1.807, 2.05) is 32.0 Å². The van der Waals surface area contributed by atoms with E-state index >= 15 is 0 Å². The SMILES string of the molecule is CCNc1nc(-c2ccc(C)c(Cl)c2)nc(C)c1C(C)C. The average Bonchev–Trinajstić information content (AvgIpc) is 2.41. The minimum atomic E-state index is 0.384. The van der Waals surface area contributed by atoms with E-state index in [0.717, 1.165) is 40.0 Å². The molecule has 1 heterocycles. The average molecular weight is 304 g/mol. The molecule has 2 aromatic rings. The summed E-state index contributed by atoms with van der Waals surface area (Å²) in [5.41, 5.74) is 4.20. The van der Waals surface area contributed by atoms with Gasteiger partial charge < -0.3 is 5.32 Å². The maximum absolute atomic E-state index is 6.22. The van der Waals surface area contributed by atoms with Crippen molar-refractivity contribution in [1.82, 2.24) is 9.97 Å². The molecule has 3 nitrogen and oxygen atoms in total. The van der Waals surface area contributed by atoms with Crippen LogP contribution in [0.1, 0.15) is 43.5 Å².